The van der Waals surface area contributed by atoms with Crippen LogP contribution in [0.4, 0.5) is 10.1 Å². The zero-order valence-electron chi connectivity index (χ0n) is 16.8. The van der Waals surface area contributed by atoms with Crippen LogP contribution in [-0.2, 0) is 15.2 Å². The largest absolute Gasteiger partial charge is 0.369 e. The molecule has 0 bridgehead atoms. The number of aliphatic imine (C=N–C) groups is 1. The molecule has 0 spiro atoms. The monoisotopic (exact) mass is 430 g/mol. The minimum absolute atomic E-state index is 0.0666. The highest BCUT2D eigenvalue weighted by Gasteiger charge is 2.54. The van der Waals surface area contributed by atoms with Crippen LogP contribution in [0.5, 0.6) is 0 Å². The standard InChI is InChI=1S/C20H23FN6O2S/c1-12-10-24-16(11-23-12)18(28)25-13-6-7-15(21)14(9-13)20-8-4-5-17(20)30(3,29)27(2)19(22)26-20/h6-7,9-11,17H,3-5,8H2,1-2H3,(H2,22,26)(H,25,28)/t17?,20-,30?/m1/s1. The van der Waals surface area contributed by atoms with E-state index in [4.69, 9.17) is 5.73 Å². The molecule has 4 rings (SSSR count). The number of hydrogen-bond acceptors (Lipinski definition) is 6. The van der Waals surface area contributed by atoms with Crippen LogP contribution in [0.1, 0.15) is 41.0 Å². The van der Waals surface area contributed by atoms with Gasteiger partial charge in [-0.1, -0.05) is 0 Å². The number of amides is 1. The number of aryl methyl sites for hydroxylation is 1. The van der Waals surface area contributed by atoms with Crippen LogP contribution < -0.4 is 11.1 Å². The molecule has 158 valence electrons. The van der Waals surface area contributed by atoms with E-state index in [1.807, 2.05) is 0 Å². The van der Waals surface area contributed by atoms with E-state index < -0.39 is 32.2 Å². The highest BCUT2D eigenvalue weighted by molar-refractivity contribution is 7.99. The second kappa shape index (κ2) is 7.05. The molecule has 1 amide bonds. The fraction of sp³-hybridized carbons (Fsp3) is 0.350. The topological polar surface area (TPSA) is 114 Å². The van der Waals surface area contributed by atoms with Crippen LogP contribution in [0, 0.1) is 12.7 Å². The van der Waals surface area contributed by atoms with Gasteiger partial charge >= 0.3 is 0 Å². The lowest BCUT2D eigenvalue weighted by molar-refractivity contribution is 0.102. The van der Waals surface area contributed by atoms with E-state index in [0.29, 0.717) is 24.2 Å². The number of carbonyl (C=O) groups excluding carboxylic acids is 1. The minimum atomic E-state index is -2.79. The minimum Gasteiger partial charge on any atom is -0.369 e. The second-order valence-corrected chi connectivity index (χ2v) is 10.2. The van der Waals surface area contributed by atoms with Gasteiger partial charge in [0.2, 0.25) is 5.96 Å². The van der Waals surface area contributed by atoms with Gasteiger partial charge in [0.1, 0.15) is 17.1 Å². The molecule has 1 aromatic carbocycles. The van der Waals surface area contributed by atoms with Gasteiger partial charge in [0.25, 0.3) is 5.91 Å². The van der Waals surface area contributed by atoms with Gasteiger partial charge in [0.15, 0.2) is 0 Å². The summed E-state index contributed by atoms with van der Waals surface area (Å²) < 4.78 is 29.8. The molecule has 3 N–H and O–H groups in total. The first-order valence-electron chi connectivity index (χ1n) is 9.50. The Morgan fingerprint density at radius 3 is 2.87 bits per heavy atom. The summed E-state index contributed by atoms with van der Waals surface area (Å²) in [5.41, 5.74) is 6.43. The van der Waals surface area contributed by atoms with Gasteiger partial charge in [0.05, 0.1) is 26.8 Å². The number of halogens is 1. The van der Waals surface area contributed by atoms with Gasteiger partial charge in [0, 0.05) is 24.5 Å². The Bertz CT molecular complexity index is 1150. The van der Waals surface area contributed by atoms with E-state index in [1.54, 1.807) is 14.0 Å². The third-order valence-electron chi connectivity index (χ3n) is 5.81. The number of nitrogens with zero attached hydrogens (tertiary/aromatic N) is 4. The predicted octanol–water partition coefficient (Wildman–Crippen LogP) is 1.82. The van der Waals surface area contributed by atoms with Crippen molar-refractivity contribution in [1.29, 1.82) is 0 Å². The van der Waals surface area contributed by atoms with Crippen molar-refractivity contribution in [1.82, 2.24) is 14.3 Å². The summed E-state index contributed by atoms with van der Waals surface area (Å²) in [6, 6.07) is 4.26. The number of nitrogens with two attached hydrogens (primary N) is 1. The number of aromatic nitrogens is 2. The first-order chi connectivity index (χ1) is 14.1. The van der Waals surface area contributed by atoms with E-state index in [1.165, 1.54) is 34.9 Å². The molecule has 2 aliphatic rings. The molecular formula is C20H23FN6O2S. The summed E-state index contributed by atoms with van der Waals surface area (Å²) in [6.07, 6.45) is 4.68. The van der Waals surface area contributed by atoms with Crippen LogP contribution in [0.3, 0.4) is 0 Å². The lowest BCUT2D eigenvalue weighted by Crippen LogP contribution is -2.55. The average molecular weight is 431 g/mol. The molecule has 2 aromatic rings. The Labute approximate surface area is 174 Å². The SMILES string of the molecule is C=S1(=O)C2CCC[C@]2(c2cc(NC(=O)c3cnc(C)cn3)ccc2F)N=C(N)N1C. The highest BCUT2D eigenvalue weighted by atomic mass is 32.2. The molecule has 30 heavy (non-hydrogen) atoms. The number of carbonyl (C=O) groups is 1. The average Bonchev–Trinajstić information content (AvgIpc) is 3.14. The van der Waals surface area contributed by atoms with Crippen molar-refractivity contribution in [3.05, 3.63) is 53.4 Å². The first-order valence-corrected chi connectivity index (χ1v) is 11.3. The van der Waals surface area contributed by atoms with E-state index in [9.17, 15) is 13.4 Å². The Balaban J connectivity index is 1.75. The third kappa shape index (κ3) is 3.11. The molecule has 8 nitrogen and oxygen atoms in total. The predicted molar refractivity (Wildman–Crippen MR) is 115 cm³/mol. The van der Waals surface area contributed by atoms with E-state index >= 15 is 0 Å². The Morgan fingerprint density at radius 2 is 2.17 bits per heavy atom. The number of hydrogen-bond donors (Lipinski definition) is 2. The summed E-state index contributed by atoms with van der Waals surface area (Å²) in [7, 11) is -1.20. The molecule has 3 atom stereocenters. The Kier molecular flexibility index (Phi) is 4.76. The molecule has 2 unspecified atom stereocenters. The van der Waals surface area contributed by atoms with Crippen molar-refractivity contribution in [3.63, 3.8) is 0 Å². The summed E-state index contributed by atoms with van der Waals surface area (Å²) in [5.74, 6) is 3.01. The molecule has 1 aliphatic heterocycles. The number of fused-ring (bicyclic) bond motifs is 1. The van der Waals surface area contributed by atoms with Crippen molar-refractivity contribution in [2.45, 2.75) is 37.0 Å². The second-order valence-electron chi connectivity index (χ2n) is 7.65. The lowest BCUT2D eigenvalue weighted by atomic mass is 9.87. The molecule has 1 aliphatic carbocycles. The zero-order chi connectivity index (χ0) is 21.7. The normalized spacial score (nSPS) is 28.0. The van der Waals surface area contributed by atoms with E-state index in [-0.39, 0.29) is 17.2 Å². The number of benzene rings is 1. The maximum absolute atomic E-state index is 15.0. The third-order valence-corrected chi connectivity index (χ3v) is 8.43. The smallest absolute Gasteiger partial charge is 0.275 e. The molecule has 10 heteroatoms. The number of nitrogens with one attached hydrogen (secondary N) is 1. The first kappa shape index (κ1) is 20.3. The van der Waals surface area contributed by atoms with Gasteiger partial charge in [-0.2, -0.15) is 0 Å². The Morgan fingerprint density at radius 1 is 1.40 bits per heavy atom. The lowest BCUT2D eigenvalue weighted by Gasteiger charge is -2.42. The molecular weight excluding hydrogens is 407 g/mol. The summed E-state index contributed by atoms with van der Waals surface area (Å²) in [5, 5.41) is 2.24. The molecule has 1 saturated carbocycles. The van der Waals surface area contributed by atoms with Crippen LogP contribution in [-0.4, -0.2) is 48.5 Å². The maximum atomic E-state index is 15.0. The molecule has 1 fully saturated rings. The van der Waals surface area contributed by atoms with Gasteiger partial charge < -0.3 is 11.1 Å². The van der Waals surface area contributed by atoms with Crippen molar-refractivity contribution >= 4 is 33.1 Å². The van der Waals surface area contributed by atoms with Gasteiger partial charge in [-0.05, 0) is 50.3 Å². The number of anilines is 1. The fourth-order valence-corrected chi connectivity index (χ4v) is 6.39. The summed E-state index contributed by atoms with van der Waals surface area (Å²) in [4.78, 5) is 25.2. The van der Waals surface area contributed by atoms with Crippen molar-refractivity contribution < 1.29 is 13.4 Å². The highest BCUT2D eigenvalue weighted by Crippen LogP contribution is 2.49. The van der Waals surface area contributed by atoms with E-state index in [2.05, 4.69) is 26.1 Å². The van der Waals surface area contributed by atoms with Crippen molar-refractivity contribution in [3.8, 4) is 0 Å². The van der Waals surface area contributed by atoms with Crippen LogP contribution in [0.2, 0.25) is 0 Å². The number of guanidine groups is 1. The van der Waals surface area contributed by atoms with E-state index in [0.717, 1.165) is 6.42 Å². The molecule has 2 heterocycles. The van der Waals surface area contributed by atoms with Gasteiger partial charge in [-0.25, -0.2) is 18.6 Å². The molecule has 0 saturated heterocycles. The van der Waals surface area contributed by atoms with Gasteiger partial charge in [-0.3, -0.25) is 14.1 Å². The zero-order valence-corrected chi connectivity index (χ0v) is 17.6. The summed E-state index contributed by atoms with van der Waals surface area (Å²) >= 11 is 0. The van der Waals surface area contributed by atoms with Crippen LogP contribution >= 0.6 is 0 Å². The Hall–Kier alpha value is -3.01. The molecule has 0 radical (unpaired) electrons. The van der Waals surface area contributed by atoms with Gasteiger partial charge in [-0.15, -0.1) is 0 Å². The van der Waals surface area contributed by atoms with Crippen molar-refractivity contribution in [2.75, 3.05) is 12.4 Å². The van der Waals surface area contributed by atoms with Crippen LogP contribution in [0.15, 0.2) is 35.6 Å². The summed E-state index contributed by atoms with van der Waals surface area (Å²) in [6.45, 7) is 1.77. The quantitative estimate of drug-likeness (QED) is 0.721. The maximum Gasteiger partial charge on any atom is 0.275 e. The number of rotatable bonds is 3. The van der Waals surface area contributed by atoms with Crippen LogP contribution in [0.25, 0.3) is 0 Å². The molecule has 1 aromatic heterocycles. The fourth-order valence-electron chi connectivity index (χ4n) is 4.21. The van der Waals surface area contributed by atoms with Crippen molar-refractivity contribution in [2.24, 2.45) is 10.7 Å².